The Labute approximate surface area is 179 Å². The summed E-state index contributed by atoms with van der Waals surface area (Å²) in [6, 6.07) is 5.55. The van der Waals surface area contributed by atoms with Crippen molar-refractivity contribution in [1.29, 1.82) is 0 Å². The Hall–Kier alpha value is -3.67. The Morgan fingerprint density at radius 2 is 2.00 bits per heavy atom. The van der Waals surface area contributed by atoms with E-state index in [0.717, 1.165) is 0 Å². The second-order valence-electron chi connectivity index (χ2n) is 6.42. The van der Waals surface area contributed by atoms with Crippen LogP contribution >= 0.6 is 11.6 Å². The van der Waals surface area contributed by atoms with Crippen molar-refractivity contribution in [2.75, 3.05) is 23.0 Å². The van der Waals surface area contributed by atoms with E-state index in [1.165, 1.54) is 29.1 Å². The molecule has 0 saturated heterocycles. The first-order valence-electron chi connectivity index (χ1n) is 8.92. The molecular weight excluding hydrogens is 436 g/mol. The van der Waals surface area contributed by atoms with Crippen molar-refractivity contribution in [3.63, 3.8) is 0 Å². The highest BCUT2D eigenvalue weighted by atomic mass is 35.5. The lowest BCUT2D eigenvalue weighted by Crippen LogP contribution is -2.25. The first-order chi connectivity index (χ1) is 14.7. The van der Waals surface area contributed by atoms with Crippen molar-refractivity contribution < 1.29 is 23.0 Å². The molecule has 10 nitrogen and oxygen atoms in total. The summed E-state index contributed by atoms with van der Waals surface area (Å²) in [4.78, 5) is 21.1. The van der Waals surface area contributed by atoms with E-state index in [1.807, 2.05) is 0 Å². The molecule has 3 heterocycles. The number of aryl methyl sites for hydroxylation is 1. The molecule has 0 bridgehead atoms. The predicted molar refractivity (Wildman–Crippen MR) is 108 cm³/mol. The van der Waals surface area contributed by atoms with E-state index in [2.05, 4.69) is 40.5 Å². The van der Waals surface area contributed by atoms with Crippen molar-refractivity contribution in [3.05, 3.63) is 46.9 Å². The van der Waals surface area contributed by atoms with Gasteiger partial charge in [-0.25, -0.2) is 9.97 Å². The fourth-order valence-corrected chi connectivity index (χ4v) is 3.09. The minimum atomic E-state index is -3.73. The summed E-state index contributed by atoms with van der Waals surface area (Å²) in [6.45, 7) is 0.246. The average molecular weight is 452 g/mol. The third-order valence-corrected chi connectivity index (χ3v) is 4.44. The van der Waals surface area contributed by atoms with Gasteiger partial charge in [0.25, 0.3) is 5.91 Å². The number of ether oxygens (including phenoxy) is 2. The molecule has 0 fully saturated rings. The van der Waals surface area contributed by atoms with Crippen molar-refractivity contribution in [2.24, 2.45) is 7.05 Å². The van der Waals surface area contributed by atoms with Crippen LogP contribution in [0.2, 0.25) is 5.15 Å². The number of fused-ring (bicyclic) bond motifs is 1. The number of nitrogens with one attached hydrogen (secondary N) is 3. The summed E-state index contributed by atoms with van der Waals surface area (Å²) in [6.07, 6.45) is -2.35. The monoisotopic (exact) mass is 451 g/mol. The Morgan fingerprint density at radius 3 is 2.77 bits per heavy atom. The number of carbonyl (C=O) groups excluding carboxylic acids is 1. The molecule has 162 valence electrons. The zero-order chi connectivity index (χ0) is 22.2. The number of amides is 1. The maximum absolute atomic E-state index is 13.2. The lowest BCUT2D eigenvalue weighted by atomic mass is 10.2. The Balaban J connectivity index is 1.49. The van der Waals surface area contributed by atoms with Crippen molar-refractivity contribution >= 4 is 35.0 Å². The molecule has 1 aromatic carbocycles. The smallest absolute Gasteiger partial charge is 0.395 e. The number of carbonyl (C=O) groups is 1. The molecule has 4 rings (SSSR count). The van der Waals surface area contributed by atoms with E-state index < -0.39 is 12.2 Å². The van der Waals surface area contributed by atoms with Gasteiger partial charge in [0.2, 0.25) is 5.95 Å². The number of anilines is 3. The van der Waals surface area contributed by atoms with Crippen LogP contribution in [-0.2, 0) is 13.6 Å². The Kier molecular flexibility index (Phi) is 5.23. The largest absolute Gasteiger partial charge is 0.586 e. The maximum Gasteiger partial charge on any atom is 0.586 e. The van der Waals surface area contributed by atoms with Crippen LogP contribution in [0.4, 0.5) is 26.2 Å². The fraction of sp³-hybridized carbons (Fsp3) is 0.222. The number of aromatic nitrogens is 4. The van der Waals surface area contributed by atoms with Crippen LogP contribution in [0.15, 0.2) is 30.5 Å². The van der Waals surface area contributed by atoms with Gasteiger partial charge in [-0.2, -0.15) is 5.10 Å². The molecule has 1 amide bonds. The normalized spacial score (nSPS) is 13.7. The van der Waals surface area contributed by atoms with Crippen LogP contribution < -0.4 is 25.4 Å². The number of halogens is 3. The first kappa shape index (κ1) is 20.6. The van der Waals surface area contributed by atoms with Crippen LogP contribution in [0.3, 0.4) is 0 Å². The molecule has 3 aromatic rings. The Morgan fingerprint density at radius 1 is 1.23 bits per heavy atom. The molecule has 0 atom stereocenters. The second-order valence-corrected chi connectivity index (χ2v) is 6.81. The van der Waals surface area contributed by atoms with Gasteiger partial charge in [0.05, 0.1) is 18.4 Å². The molecule has 0 spiro atoms. The van der Waals surface area contributed by atoms with Crippen LogP contribution in [0, 0.1) is 0 Å². The summed E-state index contributed by atoms with van der Waals surface area (Å²) in [5.74, 6) is -0.00599. The standard InChI is InChI=1S/C18H16ClF2N7O3/c1-22-17-26-10(6-14(19)27-17)7-23-15-11(8-24-28(15)2)16(29)25-9-3-4-12-13(5-9)31-18(20,21)30-12/h3-6,8,23H,7H2,1-2H3,(H,25,29)(H,22,26,27). The van der Waals surface area contributed by atoms with Crippen LogP contribution in [0.5, 0.6) is 11.5 Å². The number of nitrogens with zero attached hydrogens (tertiary/aromatic N) is 4. The number of alkyl halides is 2. The quantitative estimate of drug-likeness (QED) is 0.490. The molecule has 0 unspecified atom stereocenters. The van der Waals surface area contributed by atoms with Gasteiger partial charge < -0.3 is 25.4 Å². The molecule has 0 saturated carbocycles. The number of benzene rings is 1. The van der Waals surface area contributed by atoms with E-state index in [4.69, 9.17) is 11.6 Å². The van der Waals surface area contributed by atoms with E-state index in [0.29, 0.717) is 17.5 Å². The number of rotatable bonds is 6. The van der Waals surface area contributed by atoms with E-state index in [-0.39, 0.29) is 34.4 Å². The van der Waals surface area contributed by atoms with Crippen molar-refractivity contribution in [1.82, 2.24) is 19.7 Å². The Bertz CT molecular complexity index is 1160. The van der Waals surface area contributed by atoms with E-state index >= 15 is 0 Å². The highest BCUT2D eigenvalue weighted by Crippen LogP contribution is 2.42. The van der Waals surface area contributed by atoms with E-state index in [1.54, 1.807) is 20.2 Å². The molecule has 0 aliphatic carbocycles. The van der Waals surface area contributed by atoms with Gasteiger partial charge in [0.15, 0.2) is 11.5 Å². The molecular formula is C18H16ClF2N7O3. The lowest BCUT2D eigenvalue weighted by Gasteiger charge is -2.11. The molecule has 1 aliphatic rings. The topological polar surface area (TPSA) is 115 Å². The number of hydrogen-bond acceptors (Lipinski definition) is 8. The first-order valence-corrected chi connectivity index (χ1v) is 9.30. The van der Waals surface area contributed by atoms with Gasteiger partial charge in [-0.3, -0.25) is 9.48 Å². The van der Waals surface area contributed by atoms with Gasteiger partial charge >= 0.3 is 6.29 Å². The second kappa shape index (κ2) is 7.87. The summed E-state index contributed by atoms with van der Waals surface area (Å²) >= 11 is 5.98. The van der Waals surface area contributed by atoms with Crippen LogP contribution in [0.1, 0.15) is 16.1 Å². The molecule has 3 N–H and O–H groups in total. The zero-order valence-corrected chi connectivity index (χ0v) is 17.0. The summed E-state index contributed by atoms with van der Waals surface area (Å²) in [5, 5.41) is 12.9. The van der Waals surface area contributed by atoms with Gasteiger partial charge in [-0.1, -0.05) is 11.6 Å². The fourth-order valence-electron chi connectivity index (χ4n) is 2.88. The van der Waals surface area contributed by atoms with Crippen molar-refractivity contribution in [3.8, 4) is 11.5 Å². The SMILES string of the molecule is CNc1nc(Cl)cc(CNc2c(C(=O)Nc3ccc4c(c3)OC(F)(F)O4)cnn2C)n1. The van der Waals surface area contributed by atoms with E-state index in [9.17, 15) is 13.6 Å². The zero-order valence-electron chi connectivity index (χ0n) is 16.2. The highest BCUT2D eigenvalue weighted by molar-refractivity contribution is 6.29. The van der Waals surface area contributed by atoms with Crippen molar-refractivity contribution in [2.45, 2.75) is 12.8 Å². The summed E-state index contributed by atoms with van der Waals surface area (Å²) in [5.41, 5.74) is 1.08. The summed E-state index contributed by atoms with van der Waals surface area (Å²) < 4.78 is 36.6. The van der Waals surface area contributed by atoms with Gasteiger partial charge in [0.1, 0.15) is 16.5 Å². The minimum absolute atomic E-state index is 0.115. The molecule has 1 aliphatic heterocycles. The lowest BCUT2D eigenvalue weighted by molar-refractivity contribution is -0.286. The number of hydrogen-bond donors (Lipinski definition) is 3. The summed E-state index contributed by atoms with van der Waals surface area (Å²) in [7, 11) is 3.33. The van der Waals surface area contributed by atoms with Crippen LogP contribution in [-0.4, -0.2) is 39.0 Å². The molecule has 13 heteroatoms. The predicted octanol–water partition coefficient (Wildman–Crippen LogP) is 3.09. The highest BCUT2D eigenvalue weighted by Gasteiger charge is 2.43. The minimum Gasteiger partial charge on any atom is -0.395 e. The molecule has 2 aromatic heterocycles. The van der Waals surface area contributed by atoms with Crippen LogP contribution in [0.25, 0.3) is 0 Å². The third-order valence-electron chi connectivity index (χ3n) is 4.25. The maximum atomic E-state index is 13.2. The van der Waals surface area contributed by atoms with Gasteiger partial charge in [-0.05, 0) is 18.2 Å². The molecule has 31 heavy (non-hydrogen) atoms. The third kappa shape index (κ3) is 4.43. The average Bonchev–Trinajstić information content (AvgIpc) is 3.23. The van der Waals surface area contributed by atoms with Gasteiger partial charge in [0, 0.05) is 25.8 Å². The van der Waals surface area contributed by atoms with Gasteiger partial charge in [-0.15, -0.1) is 8.78 Å². The molecule has 0 radical (unpaired) electrons.